The highest BCUT2D eigenvalue weighted by Gasteiger charge is 2.20. The predicted octanol–water partition coefficient (Wildman–Crippen LogP) is 3.66. The van der Waals surface area contributed by atoms with Crippen molar-refractivity contribution in [3.8, 4) is 0 Å². The van der Waals surface area contributed by atoms with Gasteiger partial charge in [0.05, 0.1) is 16.9 Å². The van der Waals surface area contributed by atoms with Crippen molar-refractivity contribution in [2.24, 2.45) is 11.8 Å². The van der Waals surface area contributed by atoms with Gasteiger partial charge in [-0.05, 0) is 43.9 Å². The molecular formula is C16H24O2S. The number of aryl methyl sites for hydroxylation is 1. The fourth-order valence-corrected chi connectivity index (χ4v) is 3.33. The second-order valence-electron chi connectivity index (χ2n) is 5.42. The molecule has 0 aliphatic heterocycles. The summed E-state index contributed by atoms with van der Waals surface area (Å²) in [6, 6.07) is 7.73. The normalized spacial score (nSPS) is 17.3. The molecule has 0 aromatic heterocycles. The van der Waals surface area contributed by atoms with Crippen LogP contribution in [0.5, 0.6) is 0 Å². The molecule has 0 heterocycles. The van der Waals surface area contributed by atoms with Gasteiger partial charge in [-0.2, -0.15) is 0 Å². The quantitative estimate of drug-likeness (QED) is 0.893. The number of benzene rings is 1. The molecule has 1 aromatic rings. The van der Waals surface area contributed by atoms with E-state index in [2.05, 4.69) is 20.8 Å². The lowest BCUT2D eigenvalue weighted by atomic mass is 9.97. The maximum Gasteiger partial charge on any atom is 0.0808 e. The molecular weight excluding hydrogens is 256 g/mol. The lowest BCUT2D eigenvalue weighted by Gasteiger charge is -2.20. The van der Waals surface area contributed by atoms with Gasteiger partial charge >= 0.3 is 0 Å². The minimum atomic E-state index is -1.20. The molecule has 0 aliphatic carbocycles. The zero-order valence-corrected chi connectivity index (χ0v) is 13.2. The van der Waals surface area contributed by atoms with Crippen LogP contribution in [0.4, 0.5) is 0 Å². The van der Waals surface area contributed by atoms with Crippen LogP contribution in [-0.4, -0.2) is 15.4 Å². The Bertz CT molecular complexity index is 458. The standard InChI is InChI=1S/C16H24O2S/c1-11(2)14(5)16(10-13(4)17)19(18)15-8-6-12(3)7-9-15/h6-11,13-14,17H,1-5H3/b16-10-/t13-,14-,19?/m0/s1. The molecule has 0 aliphatic rings. The van der Waals surface area contributed by atoms with E-state index in [1.54, 1.807) is 13.0 Å². The Morgan fingerprint density at radius 2 is 1.68 bits per heavy atom. The van der Waals surface area contributed by atoms with Crippen LogP contribution in [-0.2, 0) is 10.8 Å². The summed E-state index contributed by atoms with van der Waals surface area (Å²) in [5.74, 6) is 0.566. The molecule has 0 amide bonds. The van der Waals surface area contributed by atoms with Crippen molar-refractivity contribution in [1.29, 1.82) is 0 Å². The van der Waals surface area contributed by atoms with E-state index in [9.17, 15) is 9.32 Å². The smallest absolute Gasteiger partial charge is 0.0808 e. The van der Waals surface area contributed by atoms with Gasteiger partial charge in [0.2, 0.25) is 0 Å². The van der Waals surface area contributed by atoms with Crippen molar-refractivity contribution >= 4 is 10.8 Å². The molecule has 1 aromatic carbocycles. The summed E-state index contributed by atoms with van der Waals surface area (Å²) in [5, 5.41) is 9.58. The third kappa shape index (κ3) is 4.59. The lowest BCUT2D eigenvalue weighted by Crippen LogP contribution is -2.14. The molecule has 3 atom stereocenters. The largest absolute Gasteiger partial charge is 0.389 e. The summed E-state index contributed by atoms with van der Waals surface area (Å²) in [7, 11) is -1.20. The van der Waals surface area contributed by atoms with Gasteiger partial charge in [0, 0.05) is 9.80 Å². The van der Waals surface area contributed by atoms with Crippen LogP contribution in [0.2, 0.25) is 0 Å². The minimum Gasteiger partial charge on any atom is -0.389 e. The molecule has 106 valence electrons. The Hall–Kier alpha value is -0.930. The molecule has 0 radical (unpaired) electrons. The summed E-state index contributed by atoms with van der Waals surface area (Å²) < 4.78 is 12.7. The number of aliphatic hydroxyl groups is 1. The van der Waals surface area contributed by atoms with Gasteiger partial charge in [-0.25, -0.2) is 4.21 Å². The first-order chi connectivity index (χ1) is 8.82. The highest BCUT2D eigenvalue weighted by atomic mass is 32.2. The number of hydrogen-bond acceptors (Lipinski definition) is 2. The Kier molecular flexibility index (Phi) is 5.95. The number of hydrogen-bond donors (Lipinski definition) is 1. The summed E-state index contributed by atoms with van der Waals surface area (Å²) in [6.45, 7) is 9.97. The Morgan fingerprint density at radius 1 is 1.16 bits per heavy atom. The average molecular weight is 280 g/mol. The fraction of sp³-hybridized carbons (Fsp3) is 0.500. The van der Waals surface area contributed by atoms with Crippen LogP contribution in [0.15, 0.2) is 40.1 Å². The Morgan fingerprint density at radius 3 is 2.11 bits per heavy atom. The summed E-state index contributed by atoms with van der Waals surface area (Å²) in [4.78, 5) is 1.61. The van der Waals surface area contributed by atoms with Crippen molar-refractivity contribution in [3.63, 3.8) is 0 Å². The van der Waals surface area contributed by atoms with Crippen LogP contribution in [0.25, 0.3) is 0 Å². The van der Waals surface area contributed by atoms with Gasteiger partial charge in [0.25, 0.3) is 0 Å². The van der Waals surface area contributed by atoms with E-state index < -0.39 is 16.9 Å². The first-order valence-corrected chi connectivity index (χ1v) is 7.86. The highest BCUT2D eigenvalue weighted by Crippen LogP contribution is 2.27. The minimum absolute atomic E-state index is 0.178. The second-order valence-corrected chi connectivity index (χ2v) is 6.90. The average Bonchev–Trinajstić information content (AvgIpc) is 2.35. The van der Waals surface area contributed by atoms with E-state index in [1.807, 2.05) is 31.2 Å². The predicted molar refractivity (Wildman–Crippen MR) is 81.4 cm³/mol. The molecule has 0 fully saturated rings. The molecule has 2 nitrogen and oxygen atoms in total. The molecule has 1 unspecified atom stereocenters. The third-order valence-electron chi connectivity index (χ3n) is 3.30. The van der Waals surface area contributed by atoms with E-state index >= 15 is 0 Å². The van der Waals surface area contributed by atoms with Crippen LogP contribution in [0.3, 0.4) is 0 Å². The SMILES string of the molecule is Cc1ccc(S(=O)/C(=C\[C@H](C)O)[C@@H](C)C(C)C)cc1. The topological polar surface area (TPSA) is 37.3 Å². The van der Waals surface area contributed by atoms with Crippen LogP contribution < -0.4 is 0 Å². The zero-order valence-electron chi connectivity index (χ0n) is 12.4. The molecule has 0 spiro atoms. The van der Waals surface area contributed by atoms with Gasteiger partial charge < -0.3 is 5.11 Å². The molecule has 1 N–H and O–H groups in total. The van der Waals surface area contributed by atoms with Crippen molar-refractivity contribution < 1.29 is 9.32 Å². The van der Waals surface area contributed by atoms with Gasteiger partial charge in [-0.3, -0.25) is 0 Å². The molecule has 0 bridgehead atoms. The third-order valence-corrected chi connectivity index (χ3v) is 4.94. The lowest BCUT2D eigenvalue weighted by molar-refractivity contribution is 0.242. The van der Waals surface area contributed by atoms with Crippen molar-refractivity contribution in [3.05, 3.63) is 40.8 Å². The summed E-state index contributed by atoms with van der Waals surface area (Å²) in [5.41, 5.74) is 1.15. The number of allylic oxidation sites excluding steroid dienone is 1. The second kappa shape index (κ2) is 7.01. The summed E-state index contributed by atoms with van der Waals surface area (Å²) in [6.07, 6.45) is 1.14. The van der Waals surface area contributed by atoms with Crippen LogP contribution >= 0.6 is 0 Å². The first kappa shape index (κ1) is 16.1. The van der Waals surface area contributed by atoms with Crippen LogP contribution in [0, 0.1) is 18.8 Å². The van der Waals surface area contributed by atoms with Crippen molar-refractivity contribution in [1.82, 2.24) is 0 Å². The van der Waals surface area contributed by atoms with Crippen molar-refractivity contribution in [2.75, 3.05) is 0 Å². The highest BCUT2D eigenvalue weighted by molar-refractivity contribution is 7.89. The molecule has 19 heavy (non-hydrogen) atoms. The zero-order chi connectivity index (χ0) is 14.6. The Balaban J connectivity index is 3.11. The van der Waals surface area contributed by atoms with E-state index in [-0.39, 0.29) is 5.92 Å². The number of aliphatic hydroxyl groups excluding tert-OH is 1. The van der Waals surface area contributed by atoms with E-state index in [0.717, 1.165) is 15.4 Å². The van der Waals surface area contributed by atoms with E-state index in [1.165, 1.54) is 0 Å². The summed E-state index contributed by atoms with van der Waals surface area (Å²) >= 11 is 0. The number of rotatable bonds is 5. The first-order valence-electron chi connectivity index (χ1n) is 6.71. The molecule has 1 rings (SSSR count). The van der Waals surface area contributed by atoms with Gasteiger partial charge in [-0.15, -0.1) is 0 Å². The van der Waals surface area contributed by atoms with E-state index in [4.69, 9.17) is 0 Å². The molecule has 0 saturated carbocycles. The van der Waals surface area contributed by atoms with E-state index in [0.29, 0.717) is 5.92 Å². The Labute approximate surface area is 119 Å². The fourth-order valence-electron chi connectivity index (χ4n) is 1.75. The maximum atomic E-state index is 12.7. The van der Waals surface area contributed by atoms with Gasteiger partial charge in [-0.1, -0.05) is 38.5 Å². The molecule has 3 heteroatoms. The molecule has 0 saturated heterocycles. The van der Waals surface area contributed by atoms with Gasteiger partial charge in [0.1, 0.15) is 0 Å². The monoisotopic (exact) mass is 280 g/mol. The van der Waals surface area contributed by atoms with Gasteiger partial charge in [0.15, 0.2) is 0 Å². The van der Waals surface area contributed by atoms with Crippen LogP contribution in [0.1, 0.15) is 33.3 Å². The maximum absolute atomic E-state index is 12.7. The van der Waals surface area contributed by atoms with Crippen molar-refractivity contribution in [2.45, 2.75) is 45.6 Å².